The van der Waals surface area contributed by atoms with Gasteiger partial charge in [0.1, 0.15) is 22.8 Å². The zero-order valence-corrected chi connectivity index (χ0v) is 22.0. The summed E-state index contributed by atoms with van der Waals surface area (Å²) in [7, 11) is 0. The van der Waals surface area contributed by atoms with Gasteiger partial charge in [-0.15, -0.1) is 0 Å². The van der Waals surface area contributed by atoms with Gasteiger partial charge in [0.2, 0.25) is 0 Å². The van der Waals surface area contributed by atoms with E-state index in [4.69, 9.17) is 9.47 Å². The average molecular weight is 548 g/mol. The number of carbonyl (C=O) groups excluding carboxylic acids is 2. The number of hydrogen-bond donors (Lipinski definition) is 1. The molecule has 40 heavy (non-hydrogen) atoms. The topological polar surface area (TPSA) is 98.1 Å². The Balaban J connectivity index is 1.35. The first-order valence-electron chi connectivity index (χ1n) is 13.1. The van der Waals surface area contributed by atoms with Crippen molar-refractivity contribution in [3.8, 4) is 5.75 Å². The predicted molar refractivity (Wildman–Crippen MR) is 142 cm³/mol. The van der Waals surface area contributed by atoms with Crippen LogP contribution in [-0.2, 0) is 10.2 Å². The number of piperidine rings is 1. The molecule has 2 aliphatic heterocycles. The monoisotopic (exact) mass is 547 g/mol. The Morgan fingerprint density at radius 2 is 1.90 bits per heavy atom. The summed E-state index contributed by atoms with van der Waals surface area (Å²) in [4.78, 5) is 32.4. The fourth-order valence-electron chi connectivity index (χ4n) is 5.51. The molecule has 1 saturated heterocycles. The van der Waals surface area contributed by atoms with Gasteiger partial charge in [-0.3, -0.25) is 4.79 Å². The molecule has 11 heteroatoms. The number of halogens is 2. The van der Waals surface area contributed by atoms with E-state index in [1.165, 1.54) is 29.0 Å². The van der Waals surface area contributed by atoms with E-state index in [-0.39, 0.29) is 52.0 Å². The lowest BCUT2D eigenvalue weighted by Crippen LogP contribution is -2.46. The minimum atomic E-state index is -0.603. The third-order valence-electron chi connectivity index (χ3n) is 7.67. The molecule has 0 aliphatic carbocycles. The predicted octanol–water partition coefficient (Wildman–Crippen LogP) is 4.80. The van der Waals surface area contributed by atoms with Crippen molar-refractivity contribution in [1.29, 1.82) is 0 Å². The van der Waals surface area contributed by atoms with Crippen LogP contribution in [0.1, 0.15) is 51.6 Å². The first-order valence-corrected chi connectivity index (χ1v) is 13.1. The van der Waals surface area contributed by atoms with E-state index >= 15 is 0 Å². The number of carbonyl (C=O) groups is 2. The second kappa shape index (κ2) is 9.89. The number of nitrogens with one attached hydrogen (secondary N) is 1. The molecule has 206 valence electrons. The molecule has 9 nitrogen and oxygen atoms in total. The van der Waals surface area contributed by atoms with Gasteiger partial charge in [-0.2, -0.15) is 9.61 Å². The SMILES string of the molecule is CCOC(=O)c1cnn2c(Nc3cc(C)ccc3F)c(C(=O)N3CCC4(CC3)COc3c(F)cccc34)cnc12. The van der Waals surface area contributed by atoms with Gasteiger partial charge >= 0.3 is 5.97 Å². The molecule has 2 aromatic carbocycles. The first-order chi connectivity index (χ1) is 19.3. The number of para-hydroxylation sites is 1. The molecule has 0 unspecified atom stereocenters. The van der Waals surface area contributed by atoms with Crippen LogP contribution in [-0.4, -0.2) is 57.7 Å². The molecule has 4 aromatic rings. The number of fused-ring (bicyclic) bond motifs is 3. The normalized spacial score (nSPS) is 15.7. The minimum absolute atomic E-state index is 0.126. The lowest BCUT2D eigenvalue weighted by atomic mass is 9.74. The number of esters is 1. The Kier molecular flexibility index (Phi) is 6.36. The van der Waals surface area contributed by atoms with Gasteiger partial charge in [0.05, 0.1) is 25.1 Å². The average Bonchev–Trinajstić information content (AvgIpc) is 3.54. The first kappa shape index (κ1) is 25.7. The number of aryl methyl sites for hydroxylation is 1. The summed E-state index contributed by atoms with van der Waals surface area (Å²) in [6, 6.07) is 9.54. The summed E-state index contributed by atoms with van der Waals surface area (Å²) in [6.07, 6.45) is 3.86. The smallest absolute Gasteiger partial charge is 0.343 e. The summed E-state index contributed by atoms with van der Waals surface area (Å²) in [5.74, 6) is -1.36. The van der Waals surface area contributed by atoms with Crippen LogP contribution in [0.5, 0.6) is 5.75 Å². The fourth-order valence-corrected chi connectivity index (χ4v) is 5.51. The molecular weight excluding hydrogens is 520 g/mol. The standard InChI is InChI=1S/C29H27F2N5O4/c1-3-39-28(38)19-15-33-36-25(19)32-14-18(26(36)34-23-13-17(2)7-8-21(23)30)27(37)35-11-9-29(10-12-35)16-40-24-20(29)5-4-6-22(24)31/h4-8,13-15,34H,3,9-12,16H2,1-2H3. The van der Waals surface area contributed by atoms with Crippen molar-refractivity contribution < 1.29 is 27.8 Å². The van der Waals surface area contributed by atoms with Crippen LogP contribution in [0, 0.1) is 18.6 Å². The van der Waals surface area contributed by atoms with Crippen LogP contribution < -0.4 is 10.1 Å². The largest absolute Gasteiger partial charge is 0.489 e. The van der Waals surface area contributed by atoms with E-state index in [0.29, 0.717) is 38.3 Å². The number of benzene rings is 2. The number of hydrogen-bond acceptors (Lipinski definition) is 7. The van der Waals surface area contributed by atoms with Crippen molar-refractivity contribution in [3.05, 3.63) is 82.7 Å². The highest BCUT2D eigenvalue weighted by Crippen LogP contribution is 2.46. The quantitative estimate of drug-likeness (QED) is 0.359. The lowest BCUT2D eigenvalue weighted by Gasteiger charge is -2.38. The van der Waals surface area contributed by atoms with Gasteiger partial charge in [0.15, 0.2) is 17.2 Å². The highest BCUT2D eigenvalue weighted by atomic mass is 19.1. The van der Waals surface area contributed by atoms with Crippen LogP contribution >= 0.6 is 0 Å². The maximum absolute atomic E-state index is 14.8. The van der Waals surface area contributed by atoms with Crippen LogP contribution in [0.2, 0.25) is 0 Å². The Labute approximate surface area is 228 Å². The van der Waals surface area contributed by atoms with Crippen molar-refractivity contribution in [1.82, 2.24) is 19.5 Å². The van der Waals surface area contributed by atoms with Crippen molar-refractivity contribution in [2.75, 3.05) is 31.6 Å². The third kappa shape index (κ3) is 4.21. The summed E-state index contributed by atoms with van der Waals surface area (Å²) >= 11 is 0. The van der Waals surface area contributed by atoms with Crippen molar-refractivity contribution in [2.24, 2.45) is 0 Å². The minimum Gasteiger partial charge on any atom is -0.489 e. The molecule has 1 N–H and O–H groups in total. The Morgan fingerprint density at radius 1 is 1.10 bits per heavy atom. The number of rotatable bonds is 5. The zero-order valence-electron chi connectivity index (χ0n) is 22.0. The van der Waals surface area contributed by atoms with E-state index in [1.54, 1.807) is 30.0 Å². The zero-order chi connectivity index (χ0) is 28.0. The molecular formula is C29H27F2N5O4. The van der Waals surface area contributed by atoms with Crippen molar-refractivity contribution in [2.45, 2.75) is 32.1 Å². The van der Waals surface area contributed by atoms with Crippen molar-refractivity contribution >= 4 is 29.0 Å². The molecule has 0 bridgehead atoms. The van der Waals surface area contributed by atoms with Gasteiger partial charge in [0.25, 0.3) is 5.91 Å². The molecule has 0 atom stereocenters. The number of likely N-dealkylation sites (tertiary alicyclic amines) is 1. The fraction of sp³-hybridized carbons (Fsp3) is 0.310. The van der Waals surface area contributed by atoms with Gasteiger partial charge in [-0.05, 0) is 50.5 Å². The highest BCUT2D eigenvalue weighted by molar-refractivity contribution is 6.01. The number of amides is 1. The summed E-state index contributed by atoms with van der Waals surface area (Å²) in [5, 5.41) is 7.32. The van der Waals surface area contributed by atoms with Crippen molar-refractivity contribution in [3.63, 3.8) is 0 Å². The molecule has 2 aromatic heterocycles. The third-order valence-corrected chi connectivity index (χ3v) is 7.67. The summed E-state index contributed by atoms with van der Waals surface area (Å²) < 4.78 is 41.2. The highest BCUT2D eigenvalue weighted by Gasteiger charge is 2.45. The Morgan fingerprint density at radius 3 is 2.67 bits per heavy atom. The van der Waals surface area contributed by atoms with Crippen LogP contribution in [0.3, 0.4) is 0 Å². The Hall–Kier alpha value is -4.54. The molecule has 1 amide bonds. The maximum atomic E-state index is 14.8. The number of aromatic nitrogens is 3. The van der Waals surface area contributed by atoms with Crippen LogP contribution in [0.25, 0.3) is 5.65 Å². The van der Waals surface area contributed by atoms with E-state index in [9.17, 15) is 18.4 Å². The van der Waals surface area contributed by atoms with Gasteiger partial charge < -0.3 is 19.7 Å². The van der Waals surface area contributed by atoms with Gasteiger partial charge in [0, 0.05) is 30.3 Å². The molecule has 1 spiro atoms. The molecule has 4 heterocycles. The van der Waals surface area contributed by atoms with E-state index in [0.717, 1.165) is 11.1 Å². The van der Waals surface area contributed by atoms with Gasteiger partial charge in [-0.1, -0.05) is 18.2 Å². The van der Waals surface area contributed by atoms with E-state index in [2.05, 4.69) is 15.4 Å². The number of nitrogens with zero attached hydrogens (tertiary/aromatic N) is 4. The molecule has 0 saturated carbocycles. The van der Waals surface area contributed by atoms with Gasteiger partial charge in [-0.25, -0.2) is 18.6 Å². The van der Waals surface area contributed by atoms with E-state index < -0.39 is 11.8 Å². The molecule has 2 aliphatic rings. The van der Waals surface area contributed by atoms with Crippen LogP contribution in [0.4, 0.5) is 20.3 Å². The second-order valence-electron chi connectivity index (χ2n) is 10.1. The lowest BCUT2D eigenvalue weighted by molar-refractivity contribution is 0.0528. The number of anilines is 2. The van der Waals surface area contributed by atoms with Crippen LogP contribution in [0.15, 0.2) is 48.8 Å². The molecule has 1 fully saturated rings. The molecule has 0 radical (unpaired) electrons. The molecule has 6 rings (SSSR count). The maximum Gasteiger partial charge on any atom is 0.343 e. The summed E-state index contributed by atoms with van der Waals surface area (Å²) in [5.41, 5.74) is 1.89. The number of ether oxygens (including phenoxy) is 2. The summed E-state index contributed by atoms with van der Waals surface area (Å²) in [6.45, 7) is 4.86. The Bertz CT molecular complexity index is 1650. The van der Waals surface area contributed by atoms with E-state index in [1.807, 2.05) is 13.0 Å². The second-order valence-corrected chi connectivity index (χ2v) is 10.1.